The molecule has 0 bridgehead atoms. The number of anilines is 1. The Labute approximate surface area is 179 Å². The molecule has 0 aliphatic heterocycles. The van der Waals surface area contributed by atoms with Crippen molar-refractivity contribution in [2.24, 2.45) is 0 Å². The number of benzene rings is 3. The monoisotopic (exact) mass is 420 g/mol. The molecule has 1 amide bonds. The van der Waals surface area contributed by atoms with Crippen molar-refractivity contribution in [3.8, 4) is 11.3 Å². The number of para-hydroxylation sites is 1. The summed E-state index contributed by atoms with van der Waals surface area (Å²) >= 11 is 12.3. The number of aryl methyl sites for hydroxylation is 2. The number of nitrogens with zero attached hydrogens (tertiary/aromatic N) is 1. The van der Waals surface area contributed by atoms with Crippen LogP contribution >= 0.6 is 23.2 Å². The molecule has 0 saturated carbocycles. The van der Waals surface area contributed by atoms with Crippen LogP contribution in [0.1, 0.15) is 21.5 Å². The molecule has 0 atom stereocenters. The summed E-state index contributed by atoms with van der Waals surface area (Å²) < 4.78 is 0. The molecule has 5 heteroatoms. The zero-order valence-electron chi connectivity index (χ0n) is 16.0. The lowest BCUT2D eigenvalue weighted by Gasteiger charge is -2.13. The quantitative estimate of drug-likeness (QED) is 0.384. The second-order valence-corrected chi connectivity index (χ2v) is 7.73. The predicted octanol–water partition coefficient (Wildman–Crippen LogP) is 7.08. The third-order valence-electron chi connectivity index (χ3n) is 4.82. The third kappa shape index (κ3) is 3.84. The predicted molar refractivity (Wildman–Crippen MR) is 121 cm³/mol. The van der Waals surface area contributed by atoms with Gasteiger partial charge < -0.3 is 5.32 Å². The topological polar surface area (TPSA) is 42.0 Å². The van der Waals surface area contributed by atoms with E-state index < -0.39 is 0 Å². The Morgan fingerprint density at radius 3 is 2.52 bits per heavy atom. The van der Waals surface area contributed by atoms with Gasteiger partial charge in [-0.25, -0.2) is 4.98 Å². The van der Waals surface area contributed by atoms with E-state index in [9.17, 15) is 4.79 Å². The van der Waals surface area contributed by atoms with E-state index in [2.05, 4.69) is 18.3 Å². The number of aromatic nitrogens is 1. The van der Waals surface area contributed by atoms with Crippen LogP contribution in [0, 0.1) is 13.8 Å². The van der Waals surface area contributed by atoms with E-state index in [-0.39, 0.29) is 5.91 Å². The van der Waals surface area contributed by atoms with E-state index in [1.165, 1.54) is 5.56 Å². The SMILES string of the molecule is Cc1ccc(-c2cc(C(=O)Nc3cccc(Cl)c3Cl)c3ccccc3n2)c(C)c1. The van der Waals surface area contributed by atoms with Crippen molar-refractivity contribution in [3.63, 3.8) is 0 Å². The van der Waals surface area contributed by atoms with Gasteiger partial charge in [-0.05, 0) is 43.7 Å². The maximum Gasteiger partial charge on any atom is 0.256 e. The smallest absolute Gasteiger partial charge is 0.256 e. The zero-order valence-corrected chi connectivity index (χ0v) is 17.5. The molecule has 0 aliphatic rings. The first kappa shape index (κ1) is 19.4. The molecule has 29 heavy (non-hydrogen) atoms. The van der Waals surface area contributed by atoms with Crippen LogP contribution in [0.2, 0.25) is 10.0 Å². The summed E-state index contributed by atoms with van der Waals surface area (Å²) in [5.41, 5.74) is 5.80. The van der Waals surface area contributed by atoms with E-state index in [1.54, 1.807) is 18.2 Å². The standard InChI is InChI=1S/C24H18Cl2N2O/c1-14-10-11-16(15(2)12-14)22-13-18(17-6-3-4-8-20(17)27-22)24(29)28-21-9-5-7-19(25)23(21)26/h3-13H,1-2H3,(H,28,29). The van der Waals surface area contributed by atoms with Crippen LogP contribution in [-0.2, 0) is 0 Å². The van der Waals surface area contributed by atoms with Gasteiger partial charge in [-0.15, -0.1) is 0 Å². The number of nitrogens with one attached hydrogen (secondary N) is 1. The largest absolute Gasteiger partial charge is 0.321 e. The molecule has 0 aliphatic carbocycles. The first-order valence-electron chi connectivity index (χ1n) is 9.17. The minimum absolute atomic E-state index is 0.265. The molecule has 4 aromatic rings. The fraction of sp³-hybridized carbons (Fsp3) is 0.0833. The van der Waals surface area contributed by atoms with Crippen LogP contribution < -0.4 is 5.32 Å². The second-order valence-electron chi connectivity index (χ2n) is 6.95. The van der Waals surface area contributed by atoms with Gasteiger partial charge in [0.25, 0.3) is 5.91 Å². The number of hydrogen-bond donors (Lipinski definition) is 1. The fourth-order valence-electron chi connectivity index (χ4n) is 3.39. The van der Waals surface area contributed by atoms with Gasteiger partial charge in [0, 0.05) is 10.9 Å². The molecular weight excluding hydrogens is 403 g/mol. The Morgan fingerprint density at radius 1 is 0.931 bits per heavy atom. The summed E-state index contributed by atoms with van der Waals surface area (Å²) in [6, 6.07) is 20.8. The molecule has 1 aromatic heterocycles. The van der Waals surface area contributed by atoms with Crippen LogP contribution in [0.25, 0.3) is 22.2 Å². The van der Waals surface area contributed by atoms with Gasteiger partial charge >= 0.3 is 0 Å². The molecule has 3 aromatic carbocycles. The molecule has 0 spiro atoms. The van der Waals surface area contributed by atoms with Crippen LogP contribution in [0.15, 0.2) is 66.7 Å². The molecule has 4 rings (SSSR count). The molecule has 3 nitrogen and oxygen atoms in total. The van der Waals surface area contributed by atoms with Crippen LogP contribution in [0.5, 0.6) is 0 Å². The maximum absolute atomic E-state index is 13.2. The Balaban J connectivity index is 1.84. The zero-order chi connectivity index (χ0) is 20.5. The number of fused-ring (bicyclic) bond motifs is 1. The molecule has 1 heterocycles. The highest BCUT2D eigenvalue weighted by molar-refractivity contribution is 6.44. The average molecular weight is 421 g/mol. The molecule has 0 fully saturated rings. The van der Waals surface area contributed by atoms with Gasteiger partial charge in [0.15, 0.2) is 0 Å². The number of rotatable bonds is 3. The van der Waals surface area contributed by atoms with Gasteiger partial charge in [0.1, 0.15) is 0 Å². The van der Waals surface area contributed by atoms with E-state index >= 15 is 0 Å². The first-order valence-corrected chi connectivity index (χ1v) is 9.92. The Morgan fingerprint density at radius 2 is 1.72 bits per heavy atom. The van der Waals surface area contributed by atoms with Gasteiger partial charge in [-0.2, -0.15) is 0 Å². The van der Waals surface area contributed by atoms with Crippen molar-refractivity contribution in [2.75, 3.05) is 5.32 Å². The lowest BCUT2D eigenvalue weighted by atomic mass is 9.99. The number of halogens is 2. The molecular formula is C24H18Cl2N2O. The molecule has 0 radical (unpaired) electrons. The minimum Gasteiger partial charge on any atom is -0.321 e. The summed E-state index contributed by atoms with van der Waals surface area (Å²) in [7, 11) is 0. The number of hydrogen-bond acceptors (Lipinski definition) is 2. The van der Waals surface area contributed by atoms with Crippen molar-refractivity contribution in [3.05, 3.63) is 93.5 Å². The van der Waals surface area contributed by atoms with Crippen molar-refractivity contribution < 1.29 is 4.79 Å². The van der Waals surface area contributed by atoms with Crippen LogP contribution in [-0.4, -0.2) is 10.9 Å². The van der Waals surface area contributed by atoms with Gasteiger partial charge in [-0.1, -0.05) is 71.2 Å². The number of carbonyl (C=O) groups excluding carboxylic acids is 1. The normalized spacial score (nSPS) is 10.9. The van der Waals surface area contributed by atoms with Gasteiger partial charge in [-0.3, -0.25) is 4.79 Å². The molecule has 1 N–H and O–H groups in total. The Kier molecular flexibility index (Phi) is 5.27. The Hall–Kier alpha value is -2.88. The lowest BCUT2D eigenvalue weighted by Crippen LogP contribution is -2.13. The summed E-state index contributed by atoms with van der Waals surface area (Å²) in [5, 5.41) is 4.36. The number of carbonyl (C=O) groups is 1. The summed E-state index contributed by atoms with van der Waals surface area (Å²) in [6.07, 6.45) is 0. The maximum atomic E-state index is 13.2. The van der Waals surface area contributed by atoms with Crippen molar-refractivity contribution >= 4 is 45.7 Å². The van der Waals surface area contributed by atoms with Crippen LogP contribution in [0.4, 0.5) is 5.69 Å². The summed E-state index contributed by atoms with van der Waals surface area (Å²) in [6.45, 7) is 4.10. The Bertz CT molecular complexity index is 1250. The number of amides is 1. The number of pyridine rings is 1. The highest BCUT2D eigenvalue weighted by Gasteiger charge is 2.16. The third-order valence-corrected chi connectivity index (χ3v) is 5.64. The van der Waals surface area contributed by atoms with E-state index in [0.29, 0.717) is 21.3 Å². The van der Waals surface area contributed by atoms with E-state index in [0.717, 1.165) is 27.7 Å². The lowest BCUT2D eigenvalue weighted by molar-refractivity contribution is 0.102. The van der Waals surface area contributed by atoms with Gasteiger partial charge in [0.2, 0.25) is 0 Å². The van der Waals surface area contributed by atoms with E-state index in [1.807, 2.05) is 49.4 Å². The average Bonchev–Trinajstić information content (AvgIpc) is 2.70. The minimum atomic E-state index is -0.265. The highest BCUT2D eigenvalue weighted by atomic mass is 35.5. The molecule has 0 unspecified atom stereocenters. The van der Waals surface area contributed by atoms with Gasteiger partial charge in [0.05, 0.1) is 32.5 Å². The van der Waals surface area contributed by atoms with E-state index in [4.69, 9.17) is 28.2 Å². The fourth-order valence-corrected chi connectivity index (χ4v) is 3.74. The highest BCUT2D eigenvalue weighted by Crippen LogP contribution is 2.31. The second kappa shape index (κ2) is 7.86. The first-order chi connectivity index (χ1) is 13.9. The molecule has 144 valence electrons. The summed E-state index contributed by atoms with van der Waals surface area (Å²) in [4.78, 5) is 18.0. The summed E-state index contributed by atoms with van der Waals surface area (Å²) in [5.74, 6) is -0.265. The van der Waals surface area contributed by atoms with Crippen LogP contribution in [0.3, 0.4) is 0 Å². The molecule has 0 saturated heterocycles. The van der Waals surface area contributed by atoms with Crippen molar-refractivity contribution in [1.82, 2.24) is 4.98 Å². The van der Waals surface area contributed by atoms with Crippen molar-refractivity contribution in [2.45, 2.75) is 13.8 Å². The van der Waals surface area contributed by atoms with Crippen molar-refractivity contribution in [1.29, 1.82) is 0 Å².